The summed E-state index contributed by atoms with van der Waals surface area (Å²) in [7, 11) is -0.593. The van der Waals surface area contributed by atoms with Gasteiger partial charge in [-0.3, -0.25) is 4.79 Å². The number of likely N-dealkylation sites (tertiary alicyclic amines) is 1. The first-order valence-corrected chi connectivity index (χ1v) is 9.55. The maximum atomic E-state index is 11.7. The Hall–Kier alpha value is -0.883. The van der Waals surface area contributed by atoms with Gasteiger partial charge in [-0.25, -0.2) is 9.69 Å². The van der Waals surface area contributed by atoms with E-state index in [0.29, 0.717) is 19.4 Å². The van der Waals surface area contributed by atoms with Crippen LogP contribution in [-0.2, 0) is 14.0 Å². The van der Waals surface area contributed by atoms with Gasteiger partial charge in [0.15, 0.2) is 8.32 Å². The predicted molar refractivity (Wildman–Crippen MR) is 75.4 cm³/mol. The summed E-state index contributed by atoms with van der Waals surface area (Å²) in [6, 6.07) is 0. The fourth-order valence-corrected chi connectivity index (χ4v) is 3.17. The third-order valence-corrected chi connectivity index (χ3v) is 8.56. The lowest BCUT2D eigenvalue weighted by atomic mass is 10.1. The summed E-state index contributed by atoms with van der Waals surface area (Å²) in [6.45, 7) is 11.2. The van der Waals surface area contributed by atoms with E-state index < -0.39 is 14.4 Å². The van der Waals surface area contributed by atoms with Gasteiger partial charge >= 0.3 is 6.09 Å². The molecule has 110 valence electrons. The van der Waals surface area contributed by atoms with Gasteiger partial charge in [0.25, 0.3) is 0 Å². The molecular formula is C13H25NO4Si. The number of piperidine rings is 1. The predicted octanol–water partition coefficient (Wildman–Crippen LogP) is 2.77. The molecule has 0 radical (unpaired) electrons. The van der Waals surface area contributed by atoms with Crippen LogP contribution >= 0.6 is 0 Å². The molecule has 1 fully saturated rings. The average molecular weight is 287 g/mol. The fraction of sp³-hybridized carbons (Fsp3) is 0.846. The maximum absolute atomic E-state index is 11.7. The zero-order chi connectivity index (χ0) is 14.8. The number of ether oxygens (including phenoxy) is 1. The molecule has 1 atom stereocenters. The number of hydrogen-bond donors (Lipinski definition) is 0. The van der Waals surface area contributed by atoms with Crippen LogP contribution < -0.4 is 0 Å². The number of carbonyl (C=O) groups excluding carboxylic acids is 2. The molecule has 2 amide bonds. The number of nitrogens with zero attached hydrogens (tertiary/aromatic N) is 1. The molecule has 0 aromatic carbocycles. The van der Waals surface area contributed by atoms with Crippen LogP contribution in [-0.4, -0.2) is 45.0 Å². The Morgan fingerprint density at radius 1 is 1.37 bits per heavy atom. The first kappa shape index (κ1) is 16.2. The second kappa shape index (κ2) is 5.62. The Bertz CT molecular complexity index is 354. The number of rotatable bonds is 2. The highest BCUT2D eigenvalue weighted by atomic mass is 28.4. The van der Waals surface area contributed by atoms with Crippen LogP contribution in [0.1, 0.15) is 33.6 Å². The van der Waals surface area contributed by atoms with Gasteiger partial charge in [0.1, 0.15) is 0 Å². The molecule has 6 heteroatoms. The van der Waals surface area contributed by atoms with Crippen LogP contribution in [0.5, 0.6) is 0 Å². The van der Waals surface area contributed by atoms with Crippen molar-refractivity contribution < 1.29 is 18.8 Å². The van der Waals surface area contributed by atoms with Gasteiger partial charge in [0.05, 0.1) is 19.8 Å². The number of carbonyl (C=O) groups is 2. The van der Waals surface area contributed by atoms with Crippen LogP contribution in [0, 0.1) is 0 Å². The van der Waals surface area contributed by atoms with Crippen molar-refractivity contribution in [3.05, 3.63) is 0 Å². The molecular weight excluding hydrogens is 262 g/mol. The Labute approximate surface area is 116 Å². The molecule has 19 heavy (non-hydrogen) atoms. The molecule has 1 aliphatic rings. The van der Waals surface area contributed by atoms with Crippen molar-refractivity contribution in [3.8, 4) is 0 Å². The molecule has 1 rings (SSSR count). The van der Waals surface area contributed by atoms with Crippen molar-refractivity contribution in [3.63, 3.8) is 0 Å². The van der Waals surface area contributed by atoms with E-state index in [1.165, 1.54) is 7.11 Å². The molecule has 1 saturated heterocycles. The largest absolute Gasteiger partial charge is 0.452 e. The zero-order valence-electron chi connectivity index (χ0n) is 12.8. The van der Waals surface area contributed by atoms with E-state index in [4.69, 9.17) is 4.43 Å². The topological polar surface area (TPSA) is 55.8 Å². The van der Waals surface area contributed by atoms with Crippen molar-refractivity contribution in [2.24, 2.45) is 0 Å². The lowest BCUT2D eigenvalue weighted by molar-refractivity contribution is -0.133. The lowest BCUT2D eigenvalue weighted by Crippen LogP contribution is -2.52. The van der Waals surface area contributed by atoms with Gasteiger partial charge < -0.3 is 9.16 Å². The Balaban J connectivity index is 2.72. The van der Waals surface area contributed by atoms with E-state index in [1.54, 1.807) is 0 Å². The van der Waals surface area contributed by atoms with Crippen molar-refractivity contribution >= 4 is 20.3 Å². The van der Waals surface area contributed by atoms with E-state index >= 15 is 0 Å². The summed E-state index contributed by atoms with van der Waals surface area (Å²) in [6.07, 6.45) is 0.360. The van der Waals surface area contributed by atoms with E-state index in [2.05, 4.69) is 38.6 Å². The van der Waals surface area contributed by atoms with E-state index in [1.807, 2.05) is 0 Å². The molecule has 0 bridgehead atoms. The Morgan fingerprint density at radius 3 is 2.42 bits per heavy atom. The molecule has 1 heterocycles. The first-order valence-electron chi connectivity index (χ1n) is 6.64. The molecule has 0 spiro atoms. The molecule has 0 aromatic heterocycles. The number of methoxy groups -OCH3 is 1. The van der Waals surface area contributed by atoms with Gasteiger partial charge in [0, 0.05) is 6.42 Å². The van der Waals surface area contributed by atoms with E-state index in [-0.39, 0.29) is 17.0 Å². The van der Waals surface area contributed by atoms with Crippen molar-refractivity contribution in [1.82, 2.24) is 4.90 Å². The third kappa shape index (κ3) is 3.79. The number of imide groups is 1. The second-order valence-corrected chi connectivity index (χ2v) is 11.3. The van der Waals surface area contributed by atoms with Crippen molar-refractivity contribution in [1.29, 1.82) is 0 Å². The lowest BCUT2D eigenvalue weighted by Gasteiger charge is -2.41. The van der Waals surface area contributed by atoms with Gasteiger partial charge in [-0.15, -0.1) is 0 Å². The molecule has 0 aromatic rings. The van der Waals surface area contributed by atoms with E-state index in [0.717, 1.165) is 4.90 Å². The maximum Gasteiger partial charge on any atom is 0.416 e. The average Bonchev–Trinajstić information content (AvgIpc) is 2.29. The fourth-order valence-electron chi connectivity index (χ4n) is 1.79. The van der Waals surface area contributed by atoms with Crippen LogP contribution in [0.15, 0.2) is 0 Å². The highest BCUT2D eigenvalue weighted by Crippen LogP contribution is 2.38. The monoisotopic (exact) mass is 287 g/mol. The van der Waals surface area contributed by atoms with Gasteiger partial charge in [-0.1, -0.05) is 20.8 Å². The van der Waals surface area contributed by atoms with Gasteiger partial charge in [-0.05, 0) is 24.6 Å². The quantitative estimate of drug-likeness (QED) is 0.733. The first-order chi connectivity index (χ1) is 8.58. The van der Waals surface area contributed by atoms with Crippen molar-refractivity contribution in [2.45, 2.75) is 57.8 Å². The highest BCUT2D eigenvalue weighted by molar-refractivity contribution is 6.74. The van der Waals surface area contributed by atoms with Gasteiger partial charge in [-0.2, -0.15) is 0 Å². The SMILES string of the molecule is COC(=O)N1CC(O[Si](C)(C)C(C)(C)C)CCC1=O. The van der Waals surface area contributed by atoms with Crippen LogP contribution in [0.2, 0.25) is 18.1 Å². The summed E-state index contributed by atoms with van der Waals surface area (Å²) < 4.78 is 10.9. The summed E-state index contributed by atoms with van der Waals surface area (Å²) >= 11 is 0. The summed E-state index contributed by atoms with van der Waals surface area (Å²) in [5.41, 5.74) is 0. The minimum atomic E-state index is -1.88. The van der Waals surface area contributed by atoms with Crippen molar-refractivity contribution in [2.75, 3.05) is 13.7 Å². The minimum Gasteiger partial charge on any atom is -0.452 e. The molecule has 0 N–H and O–H groups in total. The normalized spacial score (nSPS) is 21.5. The standard InChI is InChI=1S/C13H25NO4Si/c1-13(2,3)19(5,6)18-10-7-8-11(15)14(9-10)12(16)17-4/h10H,7-9H2,1-6H3. The van der Waals surface area contributed by atoms with Crippen LogP contribution in [0.25, 0.3) is 0 Å². The van der Waals surface area contributed by atoms with E-state index in [9.17, 15) is 9.59 Å². The smallest absolute Gasteiger partial charge is 0.416 e. The summed E-state index contributed by atoms with van der Waals surface area (Å²) in [5.74, 6) is -0.179. The highest BCUT2D eigenvalue weighted by Gasteiger charge is 2.41. The number of hydrogen-bond acceptors (Lipinski definition) is 4. The Kier molecular flexibility index (Phi) is 4.79. The Morgan fingerprint density at radius 2 is 1.95 bits per heavy atom. The summed E-state index contributed by atoms with van der Waals surface area (Å²) in [4.78, 5) is 24.4. The van der Waals surface area contributed by atoms with Gasteiger partial charge in [0.2, 0.25) is 5.91 Å². The van der Waals surface area contributed by atoms with Crippen LogP contribution in [0.3, 0.4) is 0 Å². The molecule has 1 unspecified atom stereocenters. The molecule has 5 nitrogen and oxygen atoms in total. The minimum absolute atomic E-state index is 0.0716. The molecule has 0 saturated carbocycles. The number of amides is 2. The molecule has 1 aliphatic heterocycles. The van der Waals surface area contributed by atoms with Crippen LogP contribution in [0.4, 0.5) is 4.79 Å². The summed E-state index contributed by atoms with van der Waals surface area (Å²) in [5, 5.41) is 0.116. The third-order valence-electron chi connectivity index (χ3n) is 4.03. The molecule has 0 aliphatic carbocycles. The second-order valence-electron chi connectivity index (χ2n) is 6.51. The zero-order valence-corrected chi connectivity index (χ0v) is 13.8.